The monoisotopic (exact) mass is 465 g/mol. The Morgan fingerprint density at radius 3 is 0.848 bits per heavy atom. The van der Waals surface area contributed by atoms with Crippen LogP contribution in [0.1, 0.15) is 152 Å². The van der Waals surface area contributed by atoms with Crippen molar-refractivity contribution in [1.29, 1.82) is 0 Å². The third kappa shape index (κ3) is 6.01. The number of hydrogen-bond acceptors (Lipinski definition) is 1. The molecule has 1 nitrogen and oxygen atoms in total. The molecule has 33 heavy (non-hydrogen) atoms. The molecular weight excluding hydrogens is 416 g/mol. The van der Waals surface area contributed by atoms with Gasteiger partial charge in [-0.2, -0.15) is 0 Å². The third-order valence-electron chi connectivity index (χ3n) is 6.92. The second kappa shape index (κ2) is 11.4. The predicted octanol–water partition coefficient (Wildman–Crippen LogP) is 8.18. The number of rotatable bonds is 9. The molecule has 2 aromatic carbocycles. The Morgan fingerprint density at radius 1 is 0.455 bits per heavy atom. The Kier molecular flexibility index (Phi) is 9.59. The van der Waals surface area contributed by atoms with Crippen LogP contribution in [0, 0.1) is 0 Å². The summed E-state index contributed by atoms with van der Waals surface area (Å²) in [5, 5.41) is 3.00. The number of benzene rings is 2. The quantitative estimate of drug-likeness (QED) is 0.339. The Morgan fingerprint density at radius 2 is 0.697 bits per heavy atom. The van der Waals surface area contributed by atoms with Gasteiger partial charge >= 0.3 is 0 Å². The van der Waals surface area contributed by atoms with Gasteiger partial charge in [-0.15, -0.1) is 0 Å². The topological polar surface area (TPSA) is 9.23 Å². The first-order valence-electron chi connectivity index (χ1n) is 13.1. The molecule has 183 valence electrons. The minimum Gasteiger partial charge on any atom is -0.411 e. The zero-order valence-corrected chi connectivity index (χ0v) is 24.7. The Labute approximate surface area is 207 Å². The van der Waals surface area contributed by atoms with Gasteiger partial charge in [0.15, 0.2) is 0 Å². The summed E-state index contributed by atoms with van der Waals surface area (Å²) in [4.78, 5) is 0. The maximum atomic E-state index is 6.59. The van der Waals surface area contributed by atoms with Gasteiger partial charge in [-0.1, -0.05) is 107 Å². The molecule has 2 heteroatoms. The van der Waals surface area contributed by atoms with Crippen LogP contribution < -0.4 is 10.4 Å². The van der Waals surface area contributed by atoms with Crippen LogP contribution in [0.15, 0.2) is 24.3 Å². The van der Waals surface area contributed by atoms with Crippen molar-refractivity contribution in [2.45, 2.75) is 119 Å². The molecule has 0 fully saturated rings. The van der Waals surface area contributed by atoms with Gasteiger partial charge in [-0.25, -0.2) is 0 Å². The highest BCUT2D eigenvalue weighted by molar-refractivity contribution is 6.81. The summed E-state index contributed by atoms with van der Waals surface area (Å²) in [6.45, 7) is 28.0. The highest BCUT2D eigenvalue weighted by Gasteiger charge is 2.33. The molecule has 0 bridgehead atoms. The van der Waals surface area contributed by atoms with Gasteiger partial charge in [0.05, 0.1) is 0 Å². The van der Waals surface area contributed by atoms with E-state index >= 15 is 0 Å². The van der Waals surface area contributed by atoms with Gasteiger partial charge in [0.1, 0.15) is 0 Å². The second-order valence-corrected chi connectivity index (χ2v) is 13.7. The summed E-state index contributed by atoms with van der Waals surface area (Å²) < 4.78 is 6.59. The molecule has 0 spiro atoms. The maximum Gasteiger partial charge on any atom is 0.283 e. The molecule has 0 aliphatic carbocycles. The zero-order valence-electron chi connectivity index (χ0n) is 23.7. The van der Waals surface area contributed by atoms with E-state index in [2.05, 4.69) is 107 Å². The van der Waals surface area contributed by atoms with Gasteiger partial charge in [0, 0.05) is 7.11 Å². The Hall–Kier alpha value is -1.38. The van der Waals surface area contributed by atoms with Crippen molar-refractivity contribution in [1.82, 2.24) is 0 Å². The lowest BCUT2D eigenvalue weighted by Gasteiger charge is -2.31. The van der Waals surface area contributed by atoms with E-state index < -0.39 is 9.04 Å². The van der Waals surface area contributed by atoms with Crippen LogP contribution >= 0.6 is 0 Å². The highest BCUT2D eigenvalue weighted by atomic mass is 28.3. The molecule has 0 unspecified atom stereocenters. The molecule has 0 atom stereocenters. The minimum atomic E-state index is -1.42. The summed E-state index contributed by atoms with van der Waals surface area (Å²) in [6.07, 6.45) is 0. The predicted molar refractivity (Wildman–Crippen MR) is 149 cm³/mol. The summed E-state index contributed by atoms with van der Waals surface area (Å²) in [5.74, 6) is 2.90. The standard InChI is InChI=1S/C31H49OSi/c1-18(2)24-14-26(20(5)6)30(27(15-24)21(7)8)33(32-13)31-28(22(9)10)16-25(19(3)4)17-29(31)23(11)12/h14-23H,1-13H3. The Bertz CT molecular complexity index is 800. The Balaban J connectivity index is 3.01. The van der Waals surface area contributed by atoms with Gasteiger partial charge in [-0.05, 0) is 79.3 Å². The molecular formula is C31H49OSi. The lowest BCUT2D eigenvalue weighted by Crippen LogP contribution is -2.51. The van der Waals surface area contributed by atoms with E-state index in [1.54, 1.807) is 0 Å². The molecule has 0 aliphatic rings. The van der Waals surface area contributed by atoms with E-state index in [-0.39, 0.29) is 0 Å². The molecule has 0 aliphatic heterocycles. The van der Waals surface area contributed by atoms with E-state index in [4.69, 9.17) is 4.43 Å². The van der Waals surface area contributed by atoms with Gasteiger partial charge < -0.3 is 4.43 Å². The van der Waals surface area contributed by atoms with Gasteiger partial charge in [0.2, 0.25) is 0 Å². The summed E-state index contributed by atoms with van der Waals surface area (Å²) in [5.41, 5.74) is 8.84. The van der Waals surface area contributed by atoms with E-state index in [0.717, 1.165) is 0 Å². The minimum absolute atomic E-state index is 0.464. The lowest BCUT2D eigenvalue weighted by molar-refractivity contribution is 0.437. The molecule has 2 aromatic rings. The fraction of sp³-hybridized carbons (Fsp3) is 0.613. The van der Waals surface area contributed by atoms with Crippen LogP contribution in [0.5, 0.6) is 0 Å². The van der Waals surface area contributed by atoms with Crippen LogP contribution in [0.4, 0.5) is 0 Å². The van der Waals surface area contributed by atoms with E-state index in [9.17, 15) is 0 Å². The van der Waals surface area contributed by atoms with Crippen molar-refractivity contribution in [3.8, 4) is 0 Å². The van der Waals surface area contributed by atoms with Crippen LogP contribution in [0.25, 0.3) is 0 Å². The summed E-state index contributed by atoms with van der Waals surface area (Å²) in [7, 11) is 0.528. The van der Waals surface area contributed by atoms with Crippen LogP contribution in [0.2, 0.25) is 0 Å². The molecule has 0 aromatic heterocycles. The smallest absolute Gasteiger partial charge is 0.283 e. The first kappa shape index (κ1) is 27.9. The fourth-order valence-corrected chi connectivity index (χ4v) is 7.92. The zero-order chi connectivity index (χ0) is 25.2. The molecule has 1 radical (unpaired) electrons. The van der Waals surface area contributed by atoms with Crippen LogP contribution in [0.3, 0.4) is 0 Å². The molecule has 0 heterocycles. The SMILES string of the molecule is CO[Si](c1c(C(C)C)cc(C(C)C)cc1C(C)C)c1c(C(C)C)cc(C(C)C)cc1C(C)C. The van der Waals surface area contributed by atoms with E-state index in [1.165, 1.54) is 43.8 Å². The third-order valence-corrected chi connectivity index (χ3v) is 9.39. The lowest BCUT2D eigenvalue weighted by atomic mass is 9.89. The first-order chi connectivity index (χ1) is 15.3. The van der Waals surface area contributed by atoms with Gasteiger partial charge in [0.25, 0.3) is 9.04 Å². The molecule has 0 N–H and O–H groups in total. The second-order valence-electron chi connectivity index (χ2n) is 11.6. The molecule has 0 saturated heterocycles. The van der Waals surface area contributed by atoms with Crippen molar-refractivity contribution in [2.75, 3.05) is 7.11 Å². The summed E-state index contributed by atoms with van der Waals surface area (Å²) >= 11 is 0. The summed E-state index contributed by atoms with van der Waals surface area (Å²) in [6, 6.07) is 9.92. The van der Waals surface area contributed by atoms with E-state index in [1.807, 2.05) is 7.11 Å². The average Bonchev–Trinajstić information content (AvgIpc) is 2.72. The molecule has 0 amide bonds. The van der Waals surface area contributed by atoms with Crippen molar-refractivity contribution in [2.24, 2.45) is 0 Å². The first-order valence-corrected chi connectivity index (χ1v) is 14.5. The van der Waals surface area contributed by atoms with Crippen LogP contribution in [-0.2, 0) is 4.43 Å². The van der Waals surface area contributed by atoms with Crippen molar-refractivity contribution < 1.29 is 4.43 Å². The fourth-order valence-electron chi connectivity index (χ4n) is 4.77. The molecule has 0 saturated carbocycles. The van der Waals surface area contributed by atoms with Crippen LogP contribution in [-0.4, -0.2) is 16.2 Å². The van der Waals surface area contributed by atoms with Gasteiger partial charge in [-0.3, -0.25) is 0 Å². The number of hydrogen-bond donors (Lipinski definition) is 0. The highest BCUT2D eigenvalue weighted by Crippen LogP contribution is 2.30. The van der Waals surface area contributed by atoms with Crippen molar-refractivity contribution in [3.63, 3.8) is 0 Å². The molecule has 2 rings (SSSR count). The van der Waals surface area contributed by atoms with E-state index in [0.29, 0.717) is 35.5 Å². The normalized spacial score (nSPS) is 12.6. The maximum absolute atomic E-state index is 6.59. The van der Waals surface area contributed by atoms with Crippen molar-refractivity contribution >= 4 is 19.4 Å². The largest absolute Gasteiger partial charge is 0.411 e. The van der Waals surface area contributed by atoms with Crippen molar-refractivity contribution in [3.05, 3.63) is 57.6 Å². The average molecular weight is 466 g/mol.